The summed E-state index contributed by atoms with van der Waals surface area (Å²) >= 11 is 0. The highest BCUT2D eigenvalue weighted by atomic mass is 14.9. The first kappa shape index (κ1) is 20.6. The van der Waals surface area contributed by atoms with Crippen LogP contribution in [0.2, 0.25) is 0 Å². The van der Waals surface area contributed by atoms with Crippen LogP contribution in [-0.4, -0.2) is 12.4 Å². The lowest BCUT2D eigenvalue weighted by molar-refractivity contribution is -0.473. The van der Waals surface area contributed by atoms with Crippen molar-refractivity contribution >= 4 is 23.8 Å². The number of hydrogen-bond acceptors (Lipinski definition) is 2. The lowest BCUT2D eigenvalue weighted by Crippen LogP contribution is -2.69. The van der Waals surface area contributed by atoms with Crippen molar-refractivity contribution in [2.75, 3.05) is 0 Å². The lowest BCUT2D eigenvalue weighted by atomic mass is 9.78. The fourth-order valence-corrected chi connectivity index (χ4v) is 6.16. The average molecular weight is 475 g/mol. The maximum Gasteiger partial charge on any atom is 0.142 e. The fraction of sp³-hybridized carbons (Fsp3) is 0.0588. The summed E-state index contributed by atoms with van der Waals surface area (Å²) in [4.78, 5) is 9.60. The SMILES string of the molecule is C1=NC2c3ccccc3-c3cc(-c4cccc(-c5ccc6c(c5)-c5ccccc5[NH2+]6)c4)ccc3C2N=C1. The number of quaternary nitrogens is 1. The van der Waals surface area contributed by atoms with Gasteiger partial charge < -0.3 is 0 Å². The topological polar surface area (TPSA) is 41.3 Å². The summed E-state index contributed by atoms with van der Waals surface area (Å²) in [5.74, 6) is 0. The van der Waals surface area contributed by atoms with Crippen molar-refractivity contribution in [2.24, 2.45) is 9.98 Å². The van der Waals surface area contributed by atoms with Crippen LogP contribution in [0.1, 0.15) is 23.2 Å². The monoisotopic (exact) mass is 474 g/mol. The Hall–Kier alpha value is -4.60. The number of nitrogens with two attached hydrogens (primary N) is 1. The number of nitrogens with zero attached hydrogens (tertiary/aromatic N) is 2. The first-order valence-corrected chi connectivity index (χ1v) is 12.8. The van der Waals surface area contributed by atoms with E-state index in [-0.39, 0.29) is 12.1 Å². The molecule has 1 aliphatic carbocycles. The fourth-order valence-electron chi connectivity index (χ4n) is 6.16. The Morgan fingerprint density at radius 3 is 1.84 bits per heavy atom. The average Bonchev–Trinajstić information content (AvgIpc) is 3.35. The summed E-state index contributed by atoms with van der Waals surface area (Å²) in [7, 11) is 0. The Morgan fingerprint density at radius 1 is 0.432 bits per heavy atom. The second kappa shape index (κ2) is 7.95. The van der Waals surface area contributed by atoms with E-state index in [1.54, 1.807) is 0 Å². The van der Waals surface area contributed by atoms with Crippen LogP contribution in [0.25, 0.3) is 44.5 Å². The van der Waals surface area contributed by atoms with Gasteiger partial charge in [-0.05, 0) is 74.8 Å². The van der Waals surface area contributed by atoms with Crippen molar-refractivity contribution in [3.63, 3.8) is 0 Å². The Labute approximate surface area is 215 Å². The largest absolute Gasteiger partial charge is 0.281 e. The number of aliphatic imine (C=N–C) groups is 2. The van der Waals surface area contributed by atoms with E-state index in [4.69, 9.17) is 9.98 Å². The van der Waals surface area contributed by atoms with Gasteiger partial charge in [-0.2, -0.15) is 0 Å². The zero-order valence-electron chi connectivity index (χ0n) is 20.2. The van der Waals surface area contributed by atoms with Crippen molar-refractivity contribution in [1.29, 1.82) is 0 Å². The zero-order chi connectivity index (χ0) is 24.3. The third-order valence-corrected chi connectivity index (χ3v) is 7.95. The van der Waals surface area contributed by atoms with Gasteiger partial charge in [-0.25, -0.2) is 0 Å². The maximum atomic E-state index is 4.82. The van der Waals surface area contributed by atoms with Crippen LogP contribution < -0.4 is 5.32 Å². The lowest BCUT2D eigenvalue weighted by Gasteiger charge is -2.32. The summed E-state index contributed by atoms with van der Waals surface area (Å²) in [6.45, 7) is 0. The number of para-hydroxylation sites is 1. The molecule has 0 bridgehead atoms. The highest BCUT2D eigenvalue weighted by Gasteiger charge is 2.34. The standard InChI is InChI=1S/C34H23N3/c1-2-10-27-25(8-1)29-19-23(12-14-28(29)34-33(27)35-16-17-36-34)21-6-5-7-22(18-21)24-13-15-32-30(20-24)26-9-3-4-11-31(26)37-32/h1-20,33-34,37H/p+1. The van der Waals surface area contributed by atoms with Gasteiger partial charge in [-0.15, -0.1) is 0 Å². The highest BCUT2D eigenvalue weighted by molar-refractivity contribution is 6.16. The summed E-state index contributed by atoms with van der Waals surface area (Å²) in [6, 6.07) is 39.9. The number of rotatable bonds is 2. The van der Waals surface area contributed by atoms with Gasteiger partial charge in [0.15, 0.2) is 0 Å². The minimum Gasteiger partial charge on any atom is -0.281 e. The van der Waals surface area contributed by atoms with Gasteiger partial charge in [0.1, 0.15) is 23.5 Å². The summed E-state index contributed by atoms with van der Waals surface area (Å²) in [5.41, 5.74) is 15.2. The minimum atomic E-state index is 0.0429. The van der Waals surface area contributed by atoms with Gasteiger partial charge in [0.05, 0.1) is 0 Å². The Kier molecular flexibility index (Phi) is 4.42. The molecule has 3 nitrogen and oxygen atoms in total. The van der Waals surface area contributed by atoms with E-state index in [1.165, 1.54) is 67.0 Å². The Morgan fingerprint density at radius 2 is 1.03 bits per heavy atom. The summed E-state index contributed by atoms with van der Waals surface area (Å²) in [6.07, 6.45) is 3.67. The van der Waals surface area contributed by atoms with Crippen LogP contribution in [0, 0.1) is 0 Å². The van der Waals surface area contributed by atoms with E-state index in [0.29, 0.717) is 0 Å². The summed E-state index contributed by atoms with van der Waals surface area (Å²) in [5, 5.41) is 2.28. The second-order valence-corrected chi connectivity index (χ2v) is 9.99. The molecule has 0 amide bonds. The quantitative estimate of drug-likeness (QED) is 0.253. The van der Waals surface area contributed by atoms with Gasteiger partial charge in [0, 0.05) is 35.7 Å². The molecule has 2 N–H and O–H groups in total. The molecule has 0 radical (unpaired) electrons. The maximum absolute atomic E-state index is 4.82. The molecule has 0 saturated heterocycles. The Bertz CT molecular complexity index is 1780. The molecule has 0 saturated carbocycles. The molecule has 2 aliphatic heterocycles. The first-order chi connectivity index (χ1) is 18.3. The van der Waals surface area contributed by atoms with E-state index < -0.39 is 0 Å². The van der Waals surface area contributed by atoms with Crippen LogP contribution >= 0.6 is 0 Å². The van der Waals surface area contributed by atoms with Crippen LogP contribution in [0.5, 0.6) is 0 Å². The van der Waals surface area contributed by atoms with Crippen molar-refractivity contribution in [3.8, 4) is 44.5 Å². The van der Waals surface area contributed by atoms with E-state index in [2.05, 4.69) is 115 Å². The third-order valence-electron chi connectivity index (χ3n) is 7.95. The van der Waals surface area contributed by atoms with E-state index >= 15 is 0 Å². The number of fused-ring (bicyclic) bond motifs is 9. The van der Waals surface area contributed by atoms with Gasteiger partial charge in [-0.1, -0.05) is 66.7 Å². The van der Waals surface area contributed by atoms with Crippen LogP contribution in [-0.2, 0) is 0 Å². The molecule has 5 aromatic carbocycles. The van der Waals surface area contributed by atoms with Crippen molar-refractivity contribution in [2.45, 2.75) is 12.1 Å². The molecule has 0 spiro atoms. The van der Waals surface area contributed by atoms with Crippen molar-refractivity contribution in [1.82, 2.24) is 0 Å². The molecule has 2 heterocycles. The van der Waals surface area contributed by atoms with E-state index in [0.717, 1.165) is 0 Å². The predicted molar refractivity (Wildman–Crippen MR) is 152 cm³/mol. The highest BCUT2D eigenvalue weighted by Crippen LogP contribution is 2.49. The van der Waals surface area contributed by atoms with Crippen LogP contribution in [0.15, 0.2) is 119 Å². The van der Waals surface area contributed by atoms with Crippen LogP contribution in [0.3, 0.4) is 0 Å². The smallest absolute Gasteiger partial charge is 0.142 e. The van der Waals surface area contributed by atoms with Gasteiger partial charge in [-0.3, -0.25) is 15.3 Å². The normalized spacial score (nSPS) is 17.9. The molecule has 174 valence electrons. The Balaban J connectivity index is 1.22. The molecular weight excluding hydrogens is 450 g/mol. The molecule has 37 heavy (non-hydrogen) atoms. The second-order valence-electron chi connectivity index (χ2n) is 9.99. The molecule has 5 aromatic rings. The van der Waals surface area contributed by atoms with E-state index in [1.807, 2.05) is 12.4 Å². The van der Waals surface area contributed by atoms with Crippen LogP contribution in [0.4, 0.5) is 11.4 Å². The molecular formula is C34H24N3+. The molecule has 3 heteroatoms. The molecule has 2 unspecified atom stereocenters. The molecule has 8 rings (SSSR count). The molecule has 2 atom stereocenters. The summed E-state index contributed by atoms with van der Waals surface area (Å²) < 4.78 is 0. The van der Waals surface area contributed by atoms with Crippen molar-refractivity contribution in [3.05, 3.63) is 120 Å². The number of benzene rings is 5. The van der Waals surface area contributed by atoms with E-state index in [9.17, 15) is 0 Å². The molecule has 3 aliphatic rings. The van der Waals surface area contributed by atoms with Gasteiger partial charge in [0.25, 0.3) is 0 Å². The zero-order valence-corrected chi connectivity index (χ0v) is 20.2. The van der Waals surface area contributed by atoms with Crippen molar-refractivity contribution < 1.29 is 5.32 Å². The molecule has 0 fully saturated rings. The first-order valence-electron chi connectivity index (χ1n) is 12.8. The number of hydrogen-bond donors (Lipinski definition) is 1. The predicted octanol–water partition coefficient (Wildman–Crippen LogP) is 7.45. The third kappa shape index (κ3) is 3.18. The minimum absolute atomic E-state index is 0.0429. The van der Waals surface area contributed by atoms with Gasteiger partial charge >= 0.3 is 0 Å². The molecule has 0 aromatic heterocycles. The van der Waals surface area contributed by atoms with Gasteiger partial charge in [0.2, 0.25) is 0 Å².